The minimum atomic E-state index is -0.553. The number of amides is 1. The molecule has 1 saturated heterocycles. The number of hydrogen-bond donors (Lipinski definition) is 1. The highest BCUT2D eigenvalue weighted by atomic mass is 16.3. The third-order valence-electron chi connectivity index (χ3n) is 5.66. The van der Waals surface area contributed by atoms with Crippen LogP contribution >= 0.6 is 0 Å². The number of likely N-dealkylation sites (tertiary alicyclic amines) is 1. The maximum Gasteiger partial charge on any atom is 0.222 e. The molecule has 1 aliphatic carbocycles. The minimum absolute atomic E-state index is 0.227. The first kappa shape index (κ1) is 15.5. The summed E-state index contributed by atoms with van der Waals surface area (Å²) >= 11 is 0. The molecule has 1 amide bonds. The summed E-state index contributed by atoms with van der Waals surface area (Å²) in [5.74, 6) is 0.990. The Bertz CT molecular complexity index is 519. The summed E-state index contributed by atoms with van der Waals surface area (Å²) in [4.78, 5) is 18.5. The largest absolute Gasteiger partial charge is 0.390 e. The molecule has 4 nitrogen and oxygen atoms in total. The second kappa shape index (κ2) is 6.37. The monoisotopic (exact) mass is 302 g/mol. The molecule has 2 heterocycles. The molecule has 1 aliphatic heterocycles. The standard InChI is InChI=1S/C18H26N2O2/c1-2-18(22)9-3-4-15-12-20(13-16(15)18)17(21)6-5-14-7-10-19-11-8-14/h7-8,10-11,15-16,22H,2-6,9,12-13H2,1H3/t15-,16+,18-/m0/s1. The molecule has 3 atom stereocenters. The summed E-state index contributed by atoms with van der Waals surface area (Å²) in [6, 6.07) is 3.93. The summed E-state index contributed by atoms with van der Waals surface area (Å²) in [6.45, 7) is 3.64. The molecule has 2 fully saturated rings. The smallest absolute Gasteiger partial charge is 0.222 e. The van der Waals surface area contributed by atoms with Gasteiger partial charge in [-0.05, 0) is 49.3 Å². The van der Waals surface area contributed by atoms with Gasteiger partial charge in [0.15, 0.2) is 0 Å². The first-order valence-corrected chi connectivity index (χ1v) is 8.51. The van der Waals surface area contributed by atoms with E-state index in [1.165, 1.54) is 0 Å². The van der Waals surface area contributed by atoms with Crippen LogP contribution in [0.15, 0.2) is 24.5 Å². The van der Waals surface area contributed by atoms with Gasteiger partial charge >= 0.3 is 0 Å². The van der Waals surface area contributed by atoms with Crippen molar-refractivity contribution < 1.29 is 9.90 Å². The highest BCUT2D eigenvalue weighted by molar-refractivity contribution is 5.76. The van der Waals surface area contributed by atoms with Crippen molar-refractivity contribution in [3.05, 3.63) is 30.1 Å². The van der Waals surface area contributed by atoms with E-state index in [9.17, 15) is 9.90 Å². The fourth-order valence-corrected chi connectivity index (χ4v) is 4.23. The normalized spacial score (nSPS) is 31.1. The van der Waals surface area contributed by atoms with Crippen molar-refractivity contribution in [2.24, 2.45) is 11.8 Å². The van der Waals surface area contributed by atoms with E-state index < -0.39 is 5.60 Å². The Hall–Kier alpha value is -1.42. The van der Waals surface area contributed by atoms with Crippen LogP contribution in [0.4, 0.5) is 0 Å². The zero-order valence-corrected chi connectivity index (χ0v) is 13.4. The summed E-state index contributed by atoms with van der Waals surface area (Å²) < 4.78 is 0. The van der Waals surface area contributed by atoms with E-state index in [0.29, 0.717) is 12.3 Å². The van der Waals surface area contributed by atoms with E-state index in [2.05, 4.69) is 11.9 Å². The van der Waals surface area contributed by atoms with Crippen molar-refractivity contribution >= 4 is 5.91 Å². The molecule has 4 heteroatoms. The number of aromatic nitrogens is 1. The number of aryl methyl sites for hydroxylation is 1. The van der Waals surface area contributed by atoms with Crippen LogP contribution in [-0.2, 0) is 11.2 Å². The molecule has 120 valence electrons. The molecule has 0 unspecified atom stereocenters. The van der Waals surface area contributed by atoms with Crippen LogP contribution in [0, 0.1) is 11.8 Å². The van der Waals surface area contributed by atoms with Gasteiger partial charge in [0.05, 0.1) is 5.60 Å². The number of hydrogen-bond acceptors (Lipinski definition) is 3. The molecular formula is C18H26N2O2. The molecule has 3 rings (SSSR count). The SMILES string of the molecule is CC[C@]1(O)CCC[C@H]2CN(C(=O)CCc3ccncc3)C[C@H]21. The lowest BCUT2D eigenvalue weighted by molar-refractivity contribution is -0.130. The molecule has 0 aromatic carbocycles. The first-order valence-electron chi connectivity index (χ1n) is 8.51. The van der Waals surface area contributed by atoms with Gasteiger partial charge in [0.25, 0.3) is 0 Å². The Kier molecular flexibility index (Phi) is 4.48. The second-order valence-electron chi connectivity index (χ2n) is 6.87. The summed E-state index contributed by atoms with van der Waals surface area (Å²) in [6.07, 6.45) is 8.79. The average molecular weight is 302 g/mol. The van der Waals surface area contributed by atoms with Crippen LogP contribution in [0.5, 0.6) is 0 Å². The van der Waals surface area contributed by atoms with Crippen LogP contribution in [-0.4, -0.2) is 39.6 Å². The van der Waals surface area contributed by atoms with E-state index >= 15 is 0 Å². The maximum absolute atomic E-state index is 12.5. The maximum atomic E-state index is 12.5. The Morgan fingerprint density at radius 1 is 1.41 bits per heavy atom. The number of carbonyl (C=O) groups excluding carboxylic acids is 1. The van der Waals surface area contributed by atoms with Gasteiger partial charge in [-0.3, -0.25) is 9.78 Å². The number of nitrogens with zero attached hydrogens (tertiary/aromatic N) is 2. The van der Waals surface area contributed by atoms with Crippen molar-refractivity contribution in [2.75, 3.05) is 13.1 Å². The molecule has 0 spiro atoms. The molecule has 2 aliphatic rings. The predicted molar refractivity (Wildman–Crippen MR) is 85.2 cm³/mol. The summed E-state index contributed by atoms with van der Waals surface area (Å²) in [5.41, 5.74) is 0.605. The van der Waals surface area contributed by atoms with Gasteiger partial charge < -0.3 is 10.0 Å². The van der Waals surface area contributed by atoms with E-state index in [1.807, 2.05) is 17.0 Å². The van der Waals surface area contributed by atoms with Gasteiger partial charge in [0, 0.05) is 37.8 Å². The molecular weight excluding hydrogens is 276 g/mol. The predicted octanol–water partition coefficient (Wildman–Crippen LogP) is 2.41. The van der Waals surface area contributed by atoms with E-state index in [0.717, 1.165) is 50.8 Å². The average Bonchev–Trinajstić information content (AvgIpc) is 3.00. The fourth-order valence-electron chi connectivity index (χ4n) is 4.23. The Morgan fingerprint density at radius 2 is 2.18 bits per heavy atom. The van der Waals surface area contributed by atoms with Crippen molar-refractivity contribution in [3.63, 3.8) is 0 Å². The molecule has 1 N–H and O–H groups in total. The van der Waals surface area contributed by atoms with E-state index in [-0.39, 0.29) is 11.8 Å². The van der Waals surface area contributed by atoms with Crippen molar-refractivity contribution in [3.8, 4) is 0 Å². The number of fused-ring (bicyclic) bond motifs is 1. The number of rotatable bonds is 4. The zero-order valence-electron chi connectivity index (χ0n) is 13.4. The van der Waals surface area contributed by atoms with Crippen LogP contribution in [0.3, 0.4) is 0 Å². The van der Waals surface area contributed by atoms with E-state index in [4.69, 9.17) is 0 Å². The molecule has 1 aromatic heterocycles. The van der Waals surface area contributed by atoms with Gasteiger partial charge in [-0.1, -0.05) is 13.3 Å². The second-order valence-corrected chi connectivity index (χ2v) is 6.87. The van der Waals surface area contributed by atoms with Crippen LogP contribution in [0.1, 0.15) is 44.6 Å². The lowest BCUT2D eigenvalue weighted by Gasteiger charge is -2.40. The van der Waals surface area contributed by atoms with Crippen LogP contribution in [0.25, 0.3) is 0 Å². The zero-order chi connectivity index (χ0) is 15.6. The Labute approximate surface area is 132 Å². The van der Waals surface area contributed by atoms with Crippen LogP contribution < -0.4 is 0 Å². The third kappa shape index (κ3) is 3.02. The summed E-state index contributed by atoms with van der Waals surface area (Å²) in [7, 11) is 0. The van der Waals surface area contributed by atoms with Gasteiger partial charge in [-0.2, -0.15) is 0 Å². The van der Waals surface area contributed by atoms with Crippen molar-refractivity contribution in [2.45, 2.75) is 51.0 Å². The van der Waals surface area contributed by atoms with Crippen molar-refractivity contribution in [1.29, 1.82) is 0 Å². The van der Waals surface area contributed by atoms with Gasteiger partial charge in [-0.15, -0.1) is 0 Å². The quantitative estimate of drug-likeness (QED) is 0.929. The number of carbonyl (C=O) groups is 1. The summed E-state index contributed by atoms with van der Waals surface area (Å²) in [5, 5.41) is 10.8. The first-order chi connectivity index (χ1) is 10.6. The molecule has 1 saturated carbocycles. The number of pyridine rings is 1. The van der Waals surface area contributed by atoms with E-state index in [1.54, 1.807) is 12.4 Å². The number of aliphatic hydroxyl groups is 1. The molecule has 0 radical (unpaired) electrons. The Balaban J connectivity index is 1.58. The molecule has 22 heavy (non-hydrogen) atoms. The van der Waals surface area contributed by atoms with Gasteiger partial charge in [0.1, 0.15) is 0 Å². The van der Waals surface area contributed by atoms with Gasteiger partial charge in [-0.25, -0.2) is 0 Å². The fraction of sp³-hybridized carbons (Fsp3) is 0.667. The van der Waals surface area contributed by atoms with Crippen molar-refractivity contribution in [1.82, 2.24) is 9.88 Å². The highest BCUT2D eigenvalue weighted by Crippen LogP contribution is 2.44. The molecule has 1 aromatic rings. The Morgan fingerprint density at radius 3 is 2.91 bits per heavy atom. The highest BCUT2D eigenvalue weighted by Gasteiger charge is 2.48. The van der Waals surface area contributed by atoms with Gasteiger partial charge in [0.2, 0.25) is 5.91 Å². The lowest BCUT2D eigenvalue weighted by Crippen LogP contribution is -2.44. The molecule has 0 bridgehead atoms. The lowest BCUT2D eigenvalue weighted by atomic mass is 9.69. The van der Waals surface area contributed by atoms with Crippen LogP contribution in [0.2, 0.25) is 0 Å². The topological polar surface area (TPSA) is 53.4 Å². The third-order valence-corrected chi connectivity index (χ3v) is 5.66. The minimum Gasteiger partial charge on any atom is -0.390 e.